The minimum absolute atomic E-state index is 0.123. The molecule has 0 bridgehead atoms. The number of nitrogens with one attached hydrogen (secondary N) is 1. The molecule has 32 heavy (non-hydrogen) atoms. The highest BCUT2D eigenvalue weighted by Crippen LogP contribution is 2.45. The second kappa shape index (κ2) is 8.16. The SMILES string of the molecule is COc1ccc(-c2n[nH]c3c2[C@H](c2cccc(OC)c2)N(c2ccc(Br)cc2)C3=O)cc1. The Hall–Kier alpha value is -3.58. The van der Waals surface area contributed by atoms with Crippen molar-refractivity contribution in [3.63, 3.8) is 0 Å². The molecule has 2 heterocycles. The molecule has 1 aliphatic rings. The van der Waals surface area contributed by atoms with Crippen molar-refractivity contribution in [3.05, 3.63) is 94.1 Å². The summed E-state index contributed by atoms with van der Waals surface area (Å²) in [6, 6.07) is 22.8. The number of halogens is 1. The fourth-order valence-electron chi connectivity index (χ4n) is 4.11. The number of hydrogen-bond donors (Lipinski definition) is 1. The highest BCUT2D eigenvalue weighted by molar-refractivity contribution is 9.10. The predicted molar refractivity (Wildman–Crippen MR) is 126 cm³/mol. The maximum atomic E-state index is 13.6. The van der Waals surface area contributed by atoms with Gasteiger partial charge in [0.2, 0.25) is 0 Å². The van der Waals surface area contributed by atoms with E-state index in [-0.39, 0.29) is 11.9 Å². The van der Waals surface area contributed by atoms with Gasteiger partial charge in [-0.15, -0.1) is 0 Å². The van der Waals surface area contributed by atoms with Crippen LogP contribution in [0.3, 0.4) is 0 Å². The summed E-state index contributed by atoms with van der Waals surface area (Å²) in [5, 5.41) is 7.51. The average molecular weight is 490 g/mol. The Labute approximate surface area is 193 Å². The lowest BCUT2D eigenvalue weighted by Gasteiger charge is -2.27. The van der Waals surface area contributed by atoms with Crippen molar-refractivity contribution in [2.75, 3.05) is 19.1 Å². The fraction of sp³-hybridized carbons (Fsp3) is 0.120. The van der Waals surface area contributed by atoms with Gasteiger partial charge in [-0.1, -0.05) is 28.1 Å². The molecule has 1 amide bonds. The van der Waals surface area contributed by atoms with Gasteiger partial charge in [0.25, 0.3) is 5.91 Å². The van der Waals surface area contributed by atoms with Gasteiger partial charge in [-0.25, -0.2) is 0 Å². The lowest BCUT2D eigenvalue weighted by Crippen LogP contribution is -2.29. The lowest BCUT2D eigenvalue weighted by atomic mass is 9.95. The number of methoxy groups -OCH3 is 2. The molecule has 1 aliphatic heterocycles. The van der Waals surface area contributed by atoms with E-state index < -0.39 is 0 Å². The van der Waals surface area contributed by atoms with Crippen LogP contribution >= 0.6 is 15.9 Å². The van der Waals surface area contributed by atoms with Gasteiger partial charge in [-0.3, -0.25) is 14.8 Å². The normalized spacial score (nSPS) is 15.0. The van der Waals surface area contributed by atoms with Gasteiger partial charge in [-0.05, 0) is 66.2 Å². The summed E-state index contributed by atoms with van der Waals surface area (Å²) in [5.74, 6) is 1.37. The topological polar surface area (TPSA) is 67.5 Å². The number of H-pyrrole nitrogens is 1. The lowest BCUT2D eigenvalue weighted by molar-refractivity contribution is 0.0988. The maximum Gasteiger partial charge on any atom is 0.277 e. The molecule has 6 nitrogen and oxygen atoms in total. The molecule has 1 aromatic heterocycles. The van der Waals surface area contributed by atoms with Crippen LogP contribution in [0.4, 0.5) is 5.69 Å². The van der Waals surface area contributed by atoms with Crippen molar-refractivity contribution in [1.29, 1.82) is 0 Å². The molecule has 3 aromatic carbocycles. The van der Waals surface area contributed by atoms with Gasteiger partial charge in [0.1, 0.15) is 17.2 Å². The molecule has 4 aromatic rings. The first-order valence-electron chi connectivity index (χ1n) is 10.1. The zero-order valence-corrected chi connectivity index (χ0v) is 19.1. The second-order valence-electron chi connectivity index (χ2n) is 7.42. The van der Waals surface area contributed by atoms with E-state index >= 15 is 0 Å². The third-order valence-electron chi connectivity index (χ3n) is 5.65. The van der Waals surface area contributed by atoms with Crippen LogP contribution in [0.2, 0.25) is 0 Å². The average Bonchev–Trinajstić information content (AvgIpc) is 3.39. The molecule has 1 N–H and O–H groups in total. The number of ether oxygens (including phenoxy) is 2. The first kappa shape index (κ1) is 20.3. The summed E-state index contributed by atoms with van der Waals surface area (Å²) in [6.07, 6.45) is 0. The monoisotopic (exact) mass is 489 g/mol. The third kappa shape index (κ3) is 3.35. The van der Waals surface area contributed by atoms with Crippen LogP contribution in [-0.2, 0) is 0 Å². The van der Waals surface area contributed by atoms with E-state index in [1.165, 1.54) is 0 Å². The number of rotatable bonds is 5. The quantitative estimate of drug-likeness (QED) is 0.395. The summed E-state index contributed by atoms with van der Waals surface area (Å²) in [4.78, 5) is 15.4. The number of amides is 1. The highest BCUT2D eigenvalue weighted by atomic mass is 79.9. The van der Waals surface area contributed by atoms with E-state index in [1.807, 2.05) is 72.8 Å². The van der Waals surface area contributed by atoms with Gasteiger partial charge in [0.15, 0.2) is 0 Å². The molecule has 0 saturated heterocycles. The van der Waals surface area contributed by atoms with Crippen LogP contribution in [0.25, 0.3) is 11.3 Å². The number of carbonyl (C=O) groups excluding carboxylic acids is 1. The van der Waals surface area contributed by atoms with Gasteiger partial charge >= 0.3 is 0 Å². The number of anilines is 1. The zero-order chi connectivity index (χ0) is 22.2. The number of aromatic amines is 1. The molecule has 0 radical (unpaired) electrons. The second-order valence-corrected chi connectivity index (χ2v) is 8.34. The van der Waals surface area contributed by atoms with Crippen molar-refractivity contribution < 1.29 is 14.3 Å². The molecule has 0 saturated carbocycles. The number of fused-ring (bicyclic) bond motifs is 1. The third-order valence-corrected chi connectivity index (χ3v) is 6.17. The molecular formula is C25H20BrN3O3. The van der Waals surface area contributed by atoms with Crippen LogP contribution < -0.4 is 14.4 Å². The maximum absolute atomic E-state index is 13.6. The van der Waals surface area contributed by atoms with Crippen LogP contribution in [0.15, 0.2) is 77.3 Å². The first-order valence-corrected chi connectivity index (χ1v) is 10.9. The Morgan fingerprint density at radius 1 is 0.938 bits per heavy atom. The van der Waals surface area contributed by atoms with Crippen LogP contribution in [0, 0.1) is 0 Å². The summed E-state index contributed by atoms with van der Waals surface area (Å²) in [6.45, 7) is 0. The van der Waals surface area contributed by atoms with Crippen LogP contribution in [0.1, 0.15) is 27.7 Å². The molecule has 160 valence electrons. The highest BCUT2D eigenvalue weighted by Gasteiger charge is 2.43. The Morgan fingerprint density at radius 2 is 1.66 bits per heavy atom. The molecule has 0 aliphatic carbocycles. The van der Waals surface area contributed by atoms with E-state index in [0.29, 0.717) is 5.69 Å². The van der Waals surface area contributed by atoms with E-state index in [9.17, 15) is 4.79 Å². The van der Waals surface area contributed by atoms with Gasteiger partial charge < -0.3 is 9.47 Å². The predicted octanol–water partition coefficient (Wildman–Crippen LogP) is 5.61. The van der Waals surface area contributed by atoms with Gasteiger partial charge in [-0.2, -0.15) is 5.10 Å². The molecule has 7 heteroatoms. The van der Waals surface area contributed by atoms with Crippen molar-refractivity contribution in [1.82, 2.24) is 10.2 Å². The van der Waals surface area contributed by atoms with E-state index in [4.69, 9.17) is 9.47 Å². The zero-order valence-electron chi connectivity index (χ0n) is 17.5. The Balaban J connectivity index is 1.70. The standard InChI is InChI=1S/C25H20BrN3O3/c1-31-19-12-6-15(7-13-19)22-21-23(28-27-22)25(30)29(18-10-8-17(26)9-11-18)24(21)16-4-3-5-20(14-16)32-2/h3-14,24H,1-2H3,(H,27,28)/t24-/m0/s1. The minimum atomic E-state index is -0.357. The molecule has 0 spiro atoms. The molecule has 0 unspecified atom stereocenters. The molecular weight excluding hydrogens is 470 g/mol. The molecule has 1 atom stereocenters. The number of benzene rings is 3. The number of carbonyl (C=O) groups is 1. The van der Waals surface area contributed by atoms with Crippen molar-refractivity contribution in [2.45, 2.75) is 6.04 Å². The largest absolute Gasteiger partial charge is 0.497 e. The summed E-state index contributed by atoms with van der Waals surface area (Å²) >= 11 is 3.48. The van der Waals surface area contributed by atoms with Gasteiger partial charge in [0.05, 0.1) is 26.0 Å². The van der Waals surface area contributed by atoms with E-state index in [1.54, 1.807) is 19.1 Å². The Kier molecular flexibility index (Phi) is 5.19. The summed E-state index contributed by atoms with van der Waals surface area (Å²) in [7, 11) is 3.27. The molecule has 5 rings (SSSR count). The van der Waals surface area contributed by atoms with Crippen molar-refractivity contribution >= 4 is 27.5 Å². The Bertz CT molecular complexity index is 1280. The van der Waals surface area contributed by atoms with Crippen LogP contribution in [0.5, 0.6) is 11.5 Å². The van der Waals surface area contributed by atoms with Crippen molar-refractivity contribution in [2.24, 2.45) is 0 Å². The first-order chi connectivity index (χ1) is 15.6. The number of nitrogens with zero attached hydrogens (tertiary/aromatic N) is 2. The smallest absolute Gasteiger partial charge is 0.277 e. The number of aromatic nitrogens is 2. The van der Waals surface area contributed by atoms with Gasteiger partial charge in [0, 0.05) is 21.3 Å². The van der Waals surface area contributed by atoms with Crippen LogP contribution in [-0.4, -0.2) is 30.3 Å². The Morgan fingerprint density at radius 3 is 2.34 bits per heavy atom. The minimum Gasteiger partial charge on any atom is -0.497 e. The summed E-state index contributed by atoms with van der Waals surface area (Å²) in [5.41, 5.74) is 4.72. The van der Waals surface area contributed by atoms with Crippen molar-refractivity contribution in [3.8, 4) is 22.8 Å². The molecule has 0 fully saturated rings. The van der Waals surface area contributed by atoms with E-state index in [0.717, 1.165) is 44.0 Å². The van der Waals surface area contributed by atoms with E-state index in [2.05, 4.69) is 26.1 Å². The fourth-order valence-corrected chi connectivity index (χ4v) is 4.38. The summed E-state index contributed by atoms with van der Waals surface area (Å²) < 4.78 is 11.7. The number of hydrogen-bond acceptors (Lipinski definition) is 4.